The number of carbonyl (C=O) groups excluding carboxylic acids is 1. The number of benzene rings is 2. The predicted octanol–water partition coefficient (Wildman–Crippen LogP) is 4.12. The number of ether oxygens (including phenoxy) is 1. The van der Waals surface area contributed by atoms with Crippen LogP contribution in [0, 0.1) is 0 Å². The van der Waals surface area contributed by atoms with Gasteiger partial charge in [0.2, 0.25) is 11.9 Å². The van der Waals surface area contributed by atoms with E-state index in [-0.39, 0.29) is 11.9 Å². The summed E-state index contributed by atoms with van der Waals surface area (Å²) in [6.07, 6.45) is 7.32. The van der Waals surface area contributed by atoms with Crippen molar-refractivity contribution in [1.82, 2.24) is 25.2 Å². The molecule has 2 aromatic heterocycles. The summed E-state index contributed by atoms with van der Waals surface area (Å²) in [5.41, 5.74) is 4.55. The van der Waals surface area contributed by atoms with E-state index in [0.29, 0.717) is 6.54 Å². The van der Waals surface area contributed by atoms with Crippen molar-refractivity contribution in [2.24, 2.45) is 0 Å². The first kappa shape index (κ1) is 27.7. The molecule has 0 atom stereocenters. The van der Waals surface area contributed by atoms with Crippen molar-refractivity contribution in [3.8, 4) is 28.0 Å². The lowest BCUT2D eigenvalue weighted by Gasteiger charge is -2.35. The van der Waals surface area contributed by atoms with Crippen LogP contribution < -0.4 is 19.9 Å². The van der Waals surface area contributed by atoms with Crippen molar-refractivity contribution in [3.63, 3.8) is 0 Å². The number of methoxy groups -OCH3 is 1. The van der Waals surface area contributed by atoms with Crippen LogP contribution in [0.5, 0.6) is 5.75 Å². The molecule has 1 N–H and O–H groups in total. The van der Waals surface area contributed by atoms with Crippen molar-refractivity contribution >= 4 is 17.7 Å². The van der Waals surface area contributed by atoms with Crippen LogP contribution in [-0.2, 0) is 4.79 Å². The summed E-state index contributed by atoms with van der Waals surface area (Å²) >= 11 is 0. The van der Waals surface area contributed by atoms with Crippen molar-refractivity contribution in [1.29, 1.82) is 0 Å². The molecule has 0 bridgehead atoms. The number of pyridine rings is 1. The molecule has 2 aliphatic heterocycles. The largest absolute Gasteiger partial charge is 0.497 e. The highest BCUT2D eigenvalue weighted by atomic mass is 16.5. The van der Waals surface area contributed by atoms with Crippen LogP contribution in [0.3, 0.4) is 0 Å². The molecule has 4 heterocycles. The molecule has 2 saturated heterocycles. The predicted molar refractivity (Wildman–Crippen MR) is 166 cm³/mol. The third kappa shape index (κ3) is 6.52. The SMILES string of the molecule is COc1ccc(-c2ccccc2-c2ccc(N3CCC(NC(=O)CN4CCN(c5ncccn5)CC4)CC3)nc2)cc1. The molecule has 9 heteroatoms. The summed E-state index contributed by atoms with van der Waals surface area (Å²) in [4.78, 5) is 33.0. The van der Waals surface area contributed by atoms with Gasteiger partial charge in [0, 0.05) is 69.5 Å². The monoisotopic (exact) mass is 563 g/mol. The molecule has 0 saturated carbocycles. The number of hydrogen-bond donors (Lipinski definition) is 1. The van der Waals surface area contributed by atoms with Crippen LogP contribution in [0.15, 0.2) is 85.3 Å². The molecule has 0 unspecified atom stereocenters. The minimum absolute atomic E-state index is 0.107. The zero-order chi connectivity index (χ0) is 28.7. The van der Waals surface area contributed by atoms with Gasteiger partial charge in [0.05, 0.1) is 13.7 Å². The van der Waals surface area contributed by atoms with E-state index in [0.717, 1.165) is 86.3 Å². The standard InChI is InChI=1S/C33H37N7O2/c1-42-28-10-7-25(8-11-28)29-5-2-3-6-30(29)26-9-12-31(36-23-26)39-17-13-27(14-18-39)37-32(41)24-38-19-21-40(22-20-38)33-34-15-4-16-35-33/h2-12,15-16,23,27H,13-14,17-22,24H2,1H3,(H,37,41). The van der Waals surface area contributed by atoms with E-state index in [1.54, 1.807) is 19.5 Å². The Hall–Kier alpha value is -4.50. The zero-order valence-electron chi connectivity index (χ0n) is 24.0. The van der Waals surface area contributed by atoms with Gasteiger partial charge in [0.15, 0.2) is 0 Å². The lowest BCUT2D eigenvalue weighted by molar-refractivity contribution is -0.123. The van der Waals surface area contributed by atoms with E-state index in [4.69, 9.17) is 9.72 Å². The van der Waals surface area contributed by atoms with Gasteiger partial charge < -0.3 is 19.9 Å². The van der Waals surface area contributed by atoms with E-state index in [1.165, 1.54) is 5.56 Å². The van der Waals surface area contributed by atoms with E-state index in [1.807, 2.05) is 24.4 Å². The van der Waals surface area contributed by atoms with Gasteiger partial charge in [-0.3, -0.25) is 9.69 Å². The fraction of sp³-hybridized carbons (Fsp3) is 0.333. The Morgan fingerprint density at radius 3 is 2.10 bits per heavy atom. The highest BCUT2D eigenvalue weighted by Crippen LogP contribution is 2.33. The molecule has 0 aliphatic carbocycles. The minimum Gasteiger partial charge on any atom is -0.497 e. The molecule has 9 nitrogen and oxygen atoms in total. The molecule has 42 heavy (non-hydrogen) atoms. The van der Waals surface area contributed by atoms with E-state index >= 15 is 0 Å². The number of hydrogen-bond acceptors (Lipinski definition) is 8. The lowest BCUT2D eigenvalue weighted by atomic mass is 9.95. The molecular formula is C33H37N7O2. The van der Waals surface area contributed by atoms with E-state index < -0.39 is 0 Å². The molecule has 4 aromatic rings. The third-order valence-corrected chi connectivity index (χ3v) is 8.15. The van der Waals surface area contributed by atoms with Crippen LogP contribution in [0.1, 0.15) is 12.8 Å². The van der Waals surface area contributed by atoms with Crippen molar-refractivity contribution in [2.75, 3.05) is 62.7 Å². The first-order valence-corrected chi connectivity index (χ1v) is 14.6. The fourth-order valence-corrected chi connectivity index (χ4v) is 5.78. The molecule has 6 rings (SSSR count). The summed E-state index contributed by atoms with van der Waals surface area (Å²) in [6.45, 7) is 5.49. The Bertz CT molecular complexity index is 1450. The first-order chi connectivity index (χ1) is 20.7. The van der Waals surface area contributed by atoms with Crippen molar-refractivity contribution < 1.29 is 9.53 Å². The second-order valence-corrected chi connectivity index (χ2v) is 10.8. The van der Waals surface area contributed by atoms with Crippen molar-refractivity contribution in [3.05, 3.63) is 85.3 Å². The number of carbonyl (C=O) groups is 1. The van der Waals surface area contributed by atoms with Gasteiger partial charge in [-0.1, -0.05) is 36.4 Å². The van der Waals surface area contributed by atoms with E-state index in [9.17, 15) is 4.79 Å². The van der Waals surface area contributed by atoms with Crippen LogP contribution in [0.2, 0.25) is 0 Å². The molecular weight excluding hydrogens is 526 g/mol. The number of nitrogens with one attached hydrogen (secondary N) is 1. The Kier molecular flexibility index (Phi) is 8.56. The third-order valence-electron chi connectivity index (χ3n) is 8.15. The molecule has 0 spiro atoms. The minimum atomic E-state index is 0.107. The molecule has 2 aromatic carbocycles. The summed E-state index contributed by atoms with van der Waals surface area (Å²) in [5, 5.41) is 3.27. The average molecular weight is 564 g/mol. The number of rotatable bonds is 8. The van der Waals surface area contributed by atoms with Gasteiger partial charge >= 0.3 is 0 Å². The zero-order valence-corrected chi connectivity index (χ0v) is 24.0. The topological polar surface area (TPSA) is 86.7 Å². The summed E-state index contributed by atoms with van der Waals surface area (Å²) in [5.74, 6) is 2.69. The van der Waals surface area contributed by atoms with Crippen LogP contribution in [0.4, 0.5) is 11.8 Å². The Labute approximate surface area is 247 Å². The molecule has 1 amide bonds. The van der Waals surface area contributed by atoms with Gasteiger partial charge in [-0.25, -0.2) is 15.0 Å². The van der Waals surface area contributed by atoms with Gasteiger partial charge in [-0.15, -0.1) is 0 Å². The van der Waals surface area contributed by atoms with Gasteiger partial charge in [-0.05, 0) is 59.9 Å². The smallest absolute Gasteiger partial charge is 0.234 e. The fourth-order valence-electron chi connectivity index (χ4n) is 5.78. The maximum atomic E-state index is 12.8. The Balaban J connectivity index is 0.988. The van der Waals surface area contributed by atoms with Crippen LogP contribution >= 0.6 is 0 Å². The lowest BCUT2D eigenvalue weighted by Crippen LogP contribution is -2.52. The normalized spacial score (nSPS) is 16.3. The van der Waals surface area contributed by atoms with Gasteiger partial charge in [0.1, 0.15) is 11.6 Å². The van der Waals surface area contributed by atoms with Gasteiger partial charge in [-0.2, -0.15) is 0 Å². The highest BCUT2D eigenvalue weighted by molar-refractivity contribution is 5.83. The number of piperazine rings is 1. The molecule has 0 radical (unpaired) electrons. The Morgan fingerprint density at radius 1 is 0.786 bits per heavy atom. The number of anilines is 2. The number of piperidine rings is 1. The second kappa shape index (κ2) is 13.0. The number of nitrogens with zero attached hydrogens (tertiary/aromatic N) is 6. The molecule has 216 valence electrons. The summed E-state index contributed by atoms with van der Waals surface area (Å²) in [7, 11) is 1.68. The quantitative estimate of drug-likeness (QED) is 0.343. The van der Waals surface area contributed by atoms with Crippen LogP contribution in [-0.4, -0.2) is 84.7 Å². The number of amides is 1. The second-order valence-electron chi connectivity index (χ2n) is 10.8. The molecule has 2 fully saturated rings. The van der Waals surface area contributed by atoms with Crippen LogP contribution in [0.25, 0.3) is 22.3 Å². The first-order valence-electron chi connectivity index (χ1n) is 14.6. The summed E-state index contributed by atoms with van der Waals surface area (Å²) in [6, 6.07) is 22.9. The number of aromatic nitrogens is 3. The van der Waals surface area contributed by atoms with Crippen molar-refractivity contribution in [2.45, 2.75) is 18.9 Å². The highest BCUT2D eigenvalue weighted by Gasteiger charge is 2.24. The maximum absolute atomic E-state index is 12.8. The van der Waals surface area contributed by atoms with Gasteiger partial charge in [0.25, 0.3) is 0 Å². The van der Waals surface area contributed by atoms with E-state index in [2.05, 4.69) is 78.5 Å². The molecule has 2 aliphatic rings. The average Bonchev–Trinajstić information content (AvgIpc) is 3.06. The summed E-state index contributed by atoms with van der Waals surface area (Å²) < 4.78 is 5.32. The Morgan fingerprint density at radius 2 is 1.45 bits per heavy atom. The maximum Gasteiger partial charge on any atom is 0.234 e.